The monoisotopic (exact) mass is 398 g/mol. The number of nitrogens with zero attached hydrogens (tertiary/aromatic N) is 4. The molecule has 2 N–H and O–H groups in total. The Bertz CT molecular complexity index is 955. The van der Waals surface area contributed by atoms with E-state index in [1.54, 1.807) is 0 Å². The predicted molar refractivity (Wildman–Crippen MR) is 113 cm³/mol. The van der Waals surface area contributed by atoms with E-state index in [0.717, 1.165) is 66.4 Å². The second-order valence-electron chi connectivity index (χ2n) is 7.06. The number of amides is 1. The van der Waals surface area contributed by atoms with E-state index in [-0.39, 0.29) is 11.9 Å². The first kappa shape index (κ1) is 18.9. The number of aromatic nitrogens is 3. The van der Waals surface area contributed by atoms with Gasteiger partial charge < -0.3 is 15.5 Å². The van der Waals surface area contributed by atoms with Crippen LogP contribution in [0.2, 0.25) is 0 Å². The molecule has 148 valence electrons. The van der Waals surface area contributed by atoms with Crippen LogP contribution in [-0.2, 0) is 0 Å². The molecule has 0 unspecified atom stereocenters. The van der Waals surface area contributed by atoms with Crippen molar-refractivity contribution in [1.29, 1.82) is 0 Å². The molecule has 0 aromatic carbocycles. The first-order chi connectivity index (χ1) is 13.7. The zero-order valence-electron chi connectivity index (χ0n) is 16.3. The Morgan fingerprint density at radius 3 is 2.82 bits per heavy atom. The first-order valence-corrected chi connectivity index (χ1v) is 10.8. The maximum Gasteiger partial charge on any atom is 0.261 e. The maximum absolute atomic E-state index is 12.5. The summed E-state index contributed by atoms with van der Waals surface area (Å²) in [6, 6.07) is 2.16. The molecule has 0 aliphatic carbocycles. The van der Waals surface area contributed by atoms with Crippen LogP contribution in [0.15, 0.2) is 30.0 Å². The summed E-state index contributed by atoms with van der Waals surface area (Å²) in [7, 11) is 0. The van der Waals surface area contributed by atoms with Gasteiger partial charge in [-0.2, -0.15) is 5.10 Å². The van der Waals surface area contributed by atoms with Crippen molar-refractivity contribution in [2.24, 2.45) is 0 Å². The first-order valence-electron chi connectivity index (χ1n) is 9.88. The molecule has 1 amide bonds. The summed E-state index contributed by atoms with van der Waals surface area (Å²) in [4.78, 5) is 20.2. The van der Waals surface area contributed by atoms with Crippen molar-refractivity contribution in [2.75, 3.05) is 31.1 Å². The summed E-state index contributed by atoms with van der Waals surface area (Å²) in [5.41, 5.74) is 3.82. The third-order valence-electron chi connectivity index (χ3n) is 5.28. The molecule has 0 atom stereocenters. The molecule has 4 rings (SSSR count). The summed E-state index contributed by atoms with van der Waals surface area (Å²) in [6.07, 6.45) is 7.65. The molecule has 0 spiro atoms. The highest BCUT2D eigenvalue weighted by Gasteiger charge is 2.17. The second-order valence-corrected chi connectivity index (χ2v) is 7.97. The maximum atomic E-state index is 12.5. The number of rotatable bonds is 6. The van der Waals surface area contributed by atoms with Crippen molar-refractivity contribution in [1.82, 2.24) is 25.2 Å². The van der Waals surface area contributed by atoms with Crippen LogP contribution in [0, 0.1) is 0 Å². The smallest absolute Gasteiger partial charge is 0.261 e. The molecule has 0 saturated carbocycles. The second kappa shape index (κ2) is 8.28. The van der Waals surface area contributed by atoms with Crippen LogP contribution in [-0.4, -0.2) is 52.7 Å². The zero-order valence-corrected chi connectivity index (χ0v) is 17.1. The van der Waals surface area contributed by atoms with Crippen molar-refractivity contribution in [3.05, 3.63) is 34.9 Å². The molecule has 28 heavy (non-hydrogen) atoms. The SMILES string of the molecule is CCC(CC)NC(=O)c1cc(-c2cnn3cc(N4CCNCC4)cnc23)cs1. The lowest BCUT2D eigenvalue weighted by Gasteiger charge is -2.28. The minimum Gasteiger partial charge on any atom is -0.366 e. The van der Waals surface area contributed by atoms with E-state index in [2.05, 4.69) is 39.5 Å². The Morgan fingerprint density at radius 1 is 1.29 bits per heavy atom. The standard InChI is InChI=1S/C20H26N6OS/c1-3-15(4-2)24-20(27)18-9-14(13-28-18)17-11-23-26-12-16(10-22-19(17)26)25-7-5-21-6-8-25/h9-13,15,21H,3-8H2,1-2H3,(H,24,27). The molecule has 1 aliphatic heterocycles. The van der Waals surface area contributed by atoms with E-state index in [1.807, 2.05) is 34.6 Å². The Kier molecular flexibility index (Phi) is 5.59. The number of thiophene rings is 1. The summed E-state index contributed by atoms with van der Waals surface area (Å²) in [5, 5.41) is 13.0. The number of carbonyl (C=O) groups excluding carboxylic acids is 1. The number of anilines is 1. The van der Waals surface area contributed by atoms with Gasteiger partial charge >= 0.3 is 0 Å². The minimum absolute atomic E-state index is 0.00428. The van der Waals surface area contributed by atoms with Crippen molar-refractivity contribution in [2.45, 2.75) is 32.7 Å². The molecule has 1 saturated heterocycles. The largest absolute Gasteiger partial charge is 0.366 e. The molecule has 7 nitrogen and oxygen atoms in total. The van der Waals surface area contributed by atoms with Crippen molar-refractivity contribution >= 4 is 28.6 Å². The highest BCUT2D eigenvalue weighted by molar-refractivity contribution is 7.12. The van der Waals surface area contributed by atoms with Crippen LogP contribution in [0.3, 0.4) is 0 Å². The topological polar surface area (TPSA) is 74.6 Å². The van der Waals surface area contributed by atoms with E-state index in [1.165, 1.54) is 11.3 Å². The van der Waals surface area contributed by atoms with Crippen LogP contribution in [0.5, 0.6) is 0 Å². The fourth-order valence-electron chi connectivity index (χ4n) is 3.50. The van der Waals surface area contributed by atoms with Crippen molar-refractivity contribution < 1.29 is 4.79 Å². The van der Waals surface area contributed by atoms with Crippen LogP contribution in [0.25, 0.3) is 16.8 Å². The van der Waals surface area contributed by atoms with Gasteiger partial charge in [0.1, 0.15) is 0 Å². The van der Waals surface area contributed by atoms with E-state index in [4.69, 9.17) is 0 Å². The van der Waals surface area contributed by atoms with Gasteiger partial charge in [0.15, 0.2) is 5.65 Å². The molecule has 0 radical (unpaired) electrons. The fourth-order valence-corrected chi connectivity index (χ4v) is 4.31. The number of fused-ring (bicyclic) bond motifs is 1. The Balaban J connectivity index is 1.56. The van der Waals surface area contributed by atoms with Gasteiger partial charge in [0.2, 0.25) is 0 Å². The summed E-state index contributed by atoms with van der Waals surface area (Å²) in [6.45, 7) is 8.10. The summed E-state index contributed by atoms with van der Waals surface area (Å²) in [5.74, 6) is -0.00428. The van der Waals surface area contributed by atoms with Gasteiger partial charge in [-0.25, -0.2) is 9.50 Å². The average Bonchev–Trinajstić information content (AvgIpc) is 3.39. The molecule has 1 aliphatic rings. The van der Waals surface area contributed by atoms with E-state index >= 15 is 0 Å². The lowest BCUT2D eigenvalue weighted by Crippen LogP contribution is -2.43. The number of nitrogens with one attached hydrogen (secondary N) is 2. The van der Waals surface area contributed by atoms with Gasteiger partial charge in [-0.05, 0) is 29.9 Å². The van der Waals surface area contributed by atoms with Gasteiger partial charge in [-0.1, -0.05) is 13.8 Å². The molecule has 0 bridgehead atoms. The van der Waals surface area contributed by atoms with Crippen LogP contribution in [0.1, 0.15) is 36.4 Å². The van der Waals surface area contributed by atoms with Crippen molar-refractivity contribution in [3.63, 3.8) is 0 Å². The van der Waals surface area contributed by atoms with E-state index < -0.39 is 0 Å². The number of carbonyl (C=O) groups is 1. The highest BCUT2D eigenvalue weighted by Crippen LogP contribution is 2.29. The molecule has 8 heteroatoms. The number of hydrogen-bond acceptors (Lipinski definition) is 6. The van der Waals surface area contributed by atoms with Crippen molar-refractivity contribution in [3.8, 4) is 11.1 Å². The third kappa shape index (κ3) is 3.74. The zero-order chi connectivity index (χ0) is 19.5. The van der Waals surface area contributed by atoms with Gasteiger partial charge in [0.05, 0.1) is 29.2 Å². The Hall–Kier alpha value is -2.45. The van der Waals surface area contributed by atoms with E-state index in [0.29, 0.717) is 0 Å². The van der Waals surface area contributed by atoms with Gasteiger partial charge in [0, 0.05) is 37.8 Å². The van der Waals surface area contributed by atoms with Gasteiger partial charge in [-0.3, -0.25) is 4.79 Å². The minimum atomic E-state index is -0.00428. The van der Waals surface area contributed by atoms with Crippen LogP contribution >= 0.6 is 11.3 Å². The Labute approximate surface area is 168 Å². The molecule has 3 aromatic heterocycles. The third-order valence-corrected chi connectivity index (χ3v) is 6.21. The number of piperazine rings is 1. The molecule has 3 aromatic rings. The lowest BCUT2D eigenvalue weighted by molar-refractivity contribution is 0.0939. The van der Waals surface area contributed by atoms with Crippen LogP contribution in [0.4, 0.5) is 5.69 Å². The fraction of sp³-hybridized carbons (Fsp3) is 0.450. The lowest BCUT2D eigenvalue weighted by atomic mass is 10.1. The molecule has 4 heterocycles. The predicted octanol–water partition coefficient (Wildman–Crippen LogP) is 2.79. The van der Waals surface area contributed by atoms with Gasteiger partial charge in [0.25, 0.3) is 5.91 Å². The summed E-state index contributed by atoms with van der Waals surface area (Å²) < 4.78 is 1.83. The van der Waals surface area contributed by atoms with Crippen LogP contribution < -0.4 is 15.5 Å². The highest BCUT2D eigenvalue weighted by atomic mass is 32.1. The Morgan fingerprint density at radius 2 is 2.07 bits per heavy atom. The van der Waals surface area contributed by atoms with E-state index in [9.17, 15) is 4.79 Å². The summed E-state index contributed by atoms with van der Waals surface area (Å²) >= 11 is 1.46. The normalized spacial score (nSPS) is 14.8. The number of hydrogen-bond donors (Lipinski definition) is 2. The average molecular weight is 399 g/mol. The molecular formula is C20H26N6OS. The quantitative estimate of drug-likeness (QED) is 0.668. The van der Waals surface area contributed by atoms with Gasteiger partial charge in [-0.15, -0.1) is 11.3 Å². The molecule has 1 fully saturated rings. The molecular weight excluding hydrogens is 372 g/mol.